The minimum absolute atomic E-state index is 0.127. The Morgan fingerprint density at radius 2 is 1.90 bits per heavy atom. The first-order valence-electron chi connectivity index (χ1n) is 7.44. The lowest BCUT2D eigenvalue weighted by Gasteiger charge is -2.40. The number of rotatable bonds is 1. The second kappa shape index (κ2) is 5.99. The largest absolute Gasteiger partial charge is 0.444 e. The number of amides is 1. The first kappa shape index (κ1) is 16.3. The fourth-order valence-electron chi connectivity index (χ4n) is 2.66. The number of likely N-dealkylation sites (tertiary alicyclic amines) is 1. The summed E-state index contributed by atoms with van der Waals surface area (Å²) in [5, 5.41) is 0. The highest BCUT2D eigenvalue weighted by Crippen LogP contribution is 2.36. The Bertz CT molecular complexity index is 514. The fourth-order valence-corrected chi connectivity index (χ4v) is 3.06. The molecule has 1 fully saturated rings. The molecule has 1 saturated heterocycles. The summed E-state index contributed by atoms with van der Waals surface area (Å²) in [5.41, 5.74) is 1.03. The molecule has 0 radical (unpaired) electrons. The van der Waals surface area contributed by atoms with E-state index in [0.717, 1.165) is 30.4 Å². The average molecular weight is 354 g/mol. The van der Waals surface area contributed by atoms with E-state index in [1.165, 1.54) is 5.56 Å². The minimum atomic E-state index is -0.428. The highest BCUT2D eigenvalue weighted by Gasteiger charge is 2.34. The van der Waals surface area contributed by atoms with Crippen molar-refractivity contribution in [2.45, 2.75) is 51.6 Å². The third-order valence-corrected chi connectivity index (χ3v) is 4.53. The van der Waals surface area contributed by atoms with Gasteiger partial charge in [-0.15, -0.1) is 0 Å². The smallest absolute Gasteiger partial charge is 0.410 e. The van der Waals surface area contributed by atoms with Crippen molar-refractivity contribution in [3.05, 3.63) is 34.3 Å². The second-order valence-electron chi connectivity index (χ2n) is 7.04. The van der Waals surface area contributed by atoms with Crippen LogP contribution in [0.1, 0.15) is 46.1 Å². The number of hydrogen-bond donors (Lipinski definition) is 0. The van der Waals surface area contributed by atoms with Crippen molar-refractivity contribution in [1.82, 2.24) is 4.90 Å². The highest BCUT2D eigenvalue weighted by molar-refractivity contribution is 9.10. The van der Waals surface area contributed by atoms with Gasteiger partial charge in [-0.3, -0.25) is 0 Å². The van der Waals surface area contributed by atoms with E-state index in [-0.39, 0.29) is 11.5 Å². The van der Waals surface area contributed by atoms with Crippen molar-refractivity contribution in [3.8, 4) is 0 Å². The quantitative estimate of drug-likeness (QED) is 0.729. The molecule has 0 atom stereocenters. The maximum Gasteiger partial charge on any atom is 0.410 e. The molecule has 4 heteroatoms. The normalized spacial score (nSPS) is 18.4. The molecule has 1 aliphatic rings. The number of nitrogens with zero attached hydrogens (tertiary/aromatic N) is 1. The van der Waals surface area contributed by atoms with E-state index in [4.69, 9.17) is 4.74 Å². The Kier molecular flexibility index (Phi) is 4.66. The summed E-state index contributed by atoms with van der Waals surface area (Å²) in [6.45, 7) is 9.48. The zero-order valence-electron chi connectivity index (χ0n) is 13.3. The van der Waals surface area contributed by atoms with Gasteiger partial charge in [-0.2, -0.15) is 0 Å². The van der Waals surface area contributed by atoms with Gasteiger partial charge in [0.05, 0.1) is 0 Å². The molecule has 1 aromatic rings. The van der Waals surface area contributed by atoms with Crippen LogP contribution in [0.2, 0.25) is 0 Å². The Labute approximate surface area is 135 Å². The second-order valence-corrected chi connectivity index (χ2v) is 7.95. The van der Waals surface area contributed by atoms with Crippen molar-refractivity contribution in [2.24, 2.45) is 0 Å². The van der Waals surface area contributed by atoms with Gasteiger partial charge in [0.25, 0.3) is 0 Å². The van der Waals surface area contributed by atoms with Crippen LogP contribution in [0.15, 0.2) is 28.7 Å². The zero-order chi connectivity index (χ0) is 15.7. The number of ether oxygens (including phenoxy) is 1. The number of piperidine rings is 1. The molecule has 0 N–H and O–H groups in total. The molecule has 0 unspecified atom stereocenters. The molecule has 0 saturated carbocycles. The highest BCUT2D eigenvalue weighted by atomic mass is 79.9. The summed E-state index contributed by atoms with van der Waals surface area (Å²) in [7, 11) is 0. The standard InChI is InChI=1S/C17H24BrNO2/c1-16(2,3)21-15(20)19-10-8-17(4,9-11-19)13-6-5-7-14(18)12-13/h5-7,12H,8-11H2,1-4H3. The van der Waals surface area contributed by atoms with Gasteiger partial charge in [0, 0.05) is 17.6 Å². The van der Waals surface area contributed by atoms with Crippen molar-refractivity contribution >= 4 is 22.0 Å². The van der Waals surface area contributed by atoms with E-state index in [9.17, 15) is 4.79 Å². The maximum atomic E-state index is 12.1. The lowest BCUT2D eigenvalue weighted by Crippen LogP contribution is -2.45. The Balaban J connectivity index is 2.01. The summed E-state index contributed by atoms with van der Waals surface area (Å²) in [6.07, 6.45) is 1.73. The maximum absolute atomic E-state index is 12.1. The van der Waals surface area contributed by atoms with Gasteiger partial charge in [0.2, 0.25) is 0 Å². The lowest BCUT2D eigenvalue weighted by molar-refractivity contribution is 0.0172. The molecule has 21 heavy (non-hydrogen) atoms. The van der Waals surface area contributed by atoms with Crippen LogP contribution >= 0.6 is 15.9 Å². The molecule has 1 amide bonds. The number of hydrogen-bond acceptors (Lipinski definition) is 2. The van der Waals surface area contributed by atoms with Crippen molar-refractivity contribution < 1.29 is 9.53 Å². The molecule has 1 heterocycles. The van der Waals surface area contributed by atoms with Gasteiger partial charge in [0.1, 0.15) is 5.60 Å². The van der Waals surface area contributed by atoms with E-state index >= 15 is 0 Å². The van der Waals surface area contributed by atoms with Gasteiger partial charge in [0.15, 0.2) is 0 Å². The molecule has 116 valence electrons. The average Bonchev–Trinajstić information content (AvgIpc) is 2.37. The molecule has 0 aliphatic carbocycles. The summed E-state index contributed by atoms with van der Waals surface area (Å²) in [4.78, 5) is 13.9. The van der Waals surface area contributed by atoms with Crippen LogP contribution in [0.5, 0.6) is 0 Å². The minimum Gasteiger partial charge on any atom is -0.444 e. The number of carbonyl (C=O) groups excluding carboxylic acids is 1. The molecule has 0 aromatic heterocycles. The van der Waals surface area contributed by atoms with Crippen molar-refractivity contribution in [2.75, 3.05) is 13.1 Å². The molecule has 3 nitrogen and oxygen atoms in total. The van der Waals surface area contributed by atoms with E-state index < -0.39 is 5.60 Å². The van der Waals surface area contributed by atoms with Crippen LogP contribution in [-0.4, -0.2) is 29.7 Å². The molecular weight excluding hydrogens is 330 g/mol. The third-order valence-electron chi connectivity index (χ3n) is 4.04. The van der Waals surface area contributed by atoms with Gasteiger partial charge in [-0.1, -0.05) is 35.0 Å². The molecule has 0 spiro atoms. The SMILES string of the molecule is CC(C)(C)OC(=O)N1CCC(C)(c2cccc(Br)c2)CC1. The Hall–Kier alpha value is -1.03. The predicted molar refractivity (Wildman–Crippen MR) is 88.5 cm³/mol. The monoisotopic (exact) mass is 353 g/mol. The van der Waals surface area contributed by atoms with Gasteiger partial charge < -0.3 is 9.64 Å². The predicted octanol–water partition coefficient (Wildman–Crippen LogP) is 4.74. The van der Waals surface area contributed by atoms with Gasteiger partial charge in [-0.05, 0) is 56.7 Å². The van der Waals surface area contributed by atoms with Crippen molar-refractivity contribution in [3.63, 3.8) is 0 Å². The first-order chi connectivity index (χ1) is 9.70. The molecule has 0 bridgehead atoms. The van der Waals surface area contributed by atoms with Crippen molar-refractivity contribution in [1.29, 1.82) is 0 Å². The van der Waals surface area contributed by atoms with Gasteiger partial charge >= 0.3 is 6.09 Å². The summed E-state index contributed by atoms with van der Waals surface area (Å²) in [5.74, 6) is 0. The molecule has 1 aromatic carbocycles. The summed E-state index contributed by atoms with van der Waals surface area (Å²) >= 11 is 3.54. The van der Waals surface area contributed by atoms with Crippen LogP contribution in [0, 0.1) is 0 Å². The lowest BCUT2D eigenvalue weighted by atomic mass is 9.75. The molecule has 1 aliphatic heterocycles. The summed E-state index contributed by atoms with van der Waals surface area (Å²) < 4.78 is 6.56. The molecular formula is C17H24BrNO2. The van der Waals surface area contributed by atoms with E-state index in [1.54, 1.807) is 0 Å². The Morgan fingerprint density at radius 3 is 2.43 bits per heavy atom. The van der Waals surface area contributed by atoms with Crippen LogP contribution in [0.3, 0.4) is 0 Å². The fraction of sp³-hybridized carbons (Fsp3) is 0.588. The topological polar surface area (TPSA) is 29.5 Å². The summed E-state index contributed by atoms with van der Waals surface area (Å²) in [6, 6.07) is 8.48. The van der Waals surface area contributed by atoms with E-state index in [0.29, 0.717) is 0 Å². The van der Waals surface area contributed by atoms with Crippen LogP contribution < -0.4 is 0 Å². The Morgan fingerprint density at radius 1 is 1.29 bits per heavy atom. The third kappa shape index (κ3) is 4.22. The van der Waals surface area contributed by atoms with Gasteiger partial charge in [-0.25, -0.2) is 4.79 Å². The van der Waals surface area contributed by atoms with Crippen LogP contribution in [0.4, 0.5) is 4.79 Å². The van der Waals surface area contributed by atoms with Crippen LogP contribution in [0.25, 0.3) is 0 Å². The molecule has 2 rings (SSSR count). The number of carbonyl (C=O) groups is 1. The van der Waals surface area contributed by atoms with Crippen LogP contribution in [-0.2, 0) is 10.2 Å². The first-order valence-corrected chi connectivity index (χ1v) is 8.23. The number of halogens is 1. The van der Waals surface area contributed by atoms with E-state index in [1.807, 2.05) is 31.7 Å². The number of benzene rings is 1. The van der Waals surface area contributed by atoms with E-state index in [2.05, 4.69) is 41.1 Å². The zero-order valence-corrected chi connectivity index (χ0v) is 14.9.